The van der Waals surface area contributed by atoms with Gasteiger partial charge in [0, 0.05) is 5.41 Å². The number of nitrogens with zero attached hydrogens (tertiary/aromatic N) is 2. The first-order valence-electron chi connectivity index (χ1n) is 3.56. The van der Waals surface area contributed by atoms with E-state index in [1.54, 1.807) is 0 Å². The van der Waals surface area contributed by atoms with Crippen LogP contribution in [0.1, 0.15) is 33.1 Å². The largest absolute Gasteiger partial charge is 0.338 e. The summed E-state index contributed by atoms with van der Waals surface area (Å²) in [5.41, 5.74) is -0.0149. The average molecular weight is 219 g/mol. The van der Waals surface area contributed by atoms with Crippen molar-refractivity contribution >= 4 is 15.9 Å². The monoisotopic (exact) mass is 218 g/mol. The zero-order chi connectivity index (χ0) is 8.48. The first kappa shape index (κ1) is 8.71. The Kier molecular flexibility index (Phi) is 2.32. The number of halogens is 1. The standard InChI is InChI=1S/C7H11BrN2O/c1-4-7(2,3)5-9-6(8)10-11-5/h4H2,1-3H3. The summed E-state index contributed by atoms with van der Waals surface area (Å²) in [5.74, 6) is 0.687. The SMILES string of the molecule is CCC(C)(C)c1nc(Br)no1. The number of hydrogen-bond donors (Lipinski definition) is 0. The van der Waals surface area contributed by atoms with E-state index in [0.717, 1.165) is 6.42 Å². The van der Waals surface area contributed by atoms with Gasteiger partial charge >= 0.3 is 0 Å². The van der Waals surface area contributed by atoms with E-state index in [0.29, 0.717) is 10.6 Å². The molecule has 3 nitrogen and oxygen atoms in total. The number of rotatable bonds is 2. The first-order valence-corrected chi connectivity index (χ1v) is 4.35. The molecule has 0 saturated heterocycles. The summed E-state index contributed by atoms with van der Waals surface area (Å²) in [6, 6.07) is 0. The Hall–Kier alpha value is -0.380. The van der Waals surface area contributed by atoms with Gasteiger partial charge < -0.3 is 4.52 Å². The van der Waals surface area contributed by atoms with E-state index in [2.05, 4.69) is 46.8 Å². The van der Waals surface area contributed by atoms with Crippen LogP contribution in [0.25, 0.3) is 0 Å². The van der Waals surface area contributed by atoms with Gasteiger partial charge in [0.25, 0.3) is 0 Å². The van der Waals surface area contributed by atoms with Gasteiger partial charge in [-0.2, -0.15) is 4.98 Å². The van der Waals surface area contributed by atoms with Crippen molar-refractivity contribution in [2.45, 2.75) is 32.6 Å². The number of hydrogen-bond acceptors (Lipinski definition) is 3. The van der Waals surface area contributed by atoms with Crippen molar-refractivity contribution in [1.82, 2.24) is 10.1 Å². The Morgan fingerprint density at radius 1 is 1.55 bits per heavy atom. The van der Waals surface area contributed by atoms with Crippen molar-refractivity contribution in [2.75, 3.05) is 0 Å². The van der Waals surface area contributed by atoms with Crippen LogP contribution in [0.15, 0.2) is 9.26 Å². The molecule has 0 amide bonds. The van der Waals surface area contributed by atoms with Crippen LogP contribution in [0.5, 0.6) is 0 Å². The zero-order valence-corrected chi connectivity index (χ0v) is 8.47. The lowest BCUT2D eigenvalue weighted by atomic mass is 9.90. The van der Waals surface area contributed by atoms with Crippen LogP contribution in [-0.4, -0.2) is 10.1 Å². The maximum atomic E-state index is 5.01. The quantitative estimate of drug-likeness (QED) is 0.767. The molecule has 0 aliphatic carbocycles. The van der Waals surface area contributed by atoms with Gasteiger partial charge in [0.15, 0.2) is 0 Å². The van der Waals surface area contributed by atoms with Crippen LogP contribution in [0, 0.1) is 0 Å². The fraction of sp³-hybridized carbons (Fsp3) is 0.714. The van der Waals surface area contributed by atoms with Gasteiger partial charge in [-0.1, -0.05) is 20.8 Å². The van der Waals surface area contributed by atoms with Crippen molar-refractivity contribution < 1.29 is 4.52 Å². The summed E-state index contributed by atoms with van der Waals surface area (Å²) < 4.78 is 5.53. The fourth-order valence-corrected chi connectivity index (χ4v) is 0.865. The molecule has 0 atom stereocenters. The Labute approximate surface area is 74.3 Å². The molecule has 11 heavy (non-hydrogen) atoms. The van der Waals surface area contributed by atoms with Gasteiger partial charge in [0.05, 0.1) is 0 Å². The van der Waals surface area contributed by atoms with E-state index >= 15 is 0 Å². The molecule has 0 bridgehead atoms. The van der Waals surface area contributed by atoms with Gasteiger partial charge in [-0.25, -0.2) is 0 Å². The molecule has 0 fully saturated rings. The highest BCUT2D eigenvalue weighted by Gasteiger charge is 2.24. The molecule has 0 radical (unpaired) electrons. The highest BCUT2D eigenvalue weighted by Crippen LogP contribution is 2.25. The molecule has 4 heteroatoms. The molecular formula is C7H11BrN2O. The van der Waals surface area contributed by atoms with Crippen LogP contribution in [0.4, 0.5) is 0 Å². The molecule has 0 aliphatic heterocycles. The maximum Gasteiger partial charge on any atom is 0.238 e. The Balaban J connectivity index is 2.92. The van der Waals surface area contributed by atoms with Crippen LogP contribution >= 0.6 is 15.9 Å². The van der Waals surface area contributed by atoms with Crippen molar-refractivity contribution in [3.8, 4) is 0 Å². The Morgan fingerprint density at radius 3 is 2.55 bits per heavy atom. The maximum absolute atomic E-state index is 5.01. The Morgan fingerprint density at radius 2 is 2.18 bits per heavy atom. The topological polar surface area (TPSA) is 38.9 Å². The van der Waals surface area contributed by atoms with Crippen molar-refractivity contribution in [2.24, 2.45) is 0 Å². The van der Waals surface area contributed by atoms with Crippen molar-refractivity contribution in [3.63, 3.8) is 0 Å². The second-order valence-corrected chi connectivity index (χ2v) is 3.82. The Bertz CT molecular complexity index is 244. The minimum Gasteiger partial charge on any atom is -0.338 e. The third-order valence-electron chi connectivity index (χ3n) is 1.86. The van der Waals surface area contributed by atoms with Crippen molar-refractivity contribution in [1.29, 1.82) is 0 Å². The minimum atomic E-state index is -0.0149. The van der Waals surface area contributed by atoms with Gasteiger partial charge in [-0.15, -0.1) is 0 Å². The predicted octanol–water partition coefficient (Wildman–Crippen LogP) is 2.52. The van der Waals surface area contributed by atoms with E-state index in [1.165, 1.54) is 0 Å². The third kappa shape index (κ3) is 1.80. The van der Waals surface area contributed by atoms with E-state index in [4.69, 9.17) is 4.52 Å². The fourth-order valence-electron chi connectivity index (χ4n) is 0.632. The minimum absolute atomic E-state index is 0.0149. The molecule has 1 heterocycles. The van der Waals surface area contributed by atoms with Crippen LogP contribution in [0.2, 0.25) is 0 Å². The second-order valence-electron chi connectivity index (χ2n) is 3.11. The summed E-state index contributed by atoms with van der Waals surface area (Å²) in [7, 11) is 0. The van der Waals surface area contributed by atoms with E-state index < -0.39 is 0 Å². The zero-order valence-electron chi connectivity index (χ0n) is 6.89. The van der Waals surface area contributed by atoms with Crippen LogP contribution < -0.4 is 0 Å². The summed E-state index contributed by atoms with van der Waals surface area (Å²) >= 11 is 3.14. The molecule has 0 aromatic carbocycles. The molecule has 62 valence electrons. The van der Waals surface area contributed by atoms with Gasteiger partial charge in [0.1, 0.15) is 0 Å². The third-order valence-corrected chi connectivity index (χ3v) is 2.19. The lowest BCUT2D eigenvalue weighted by Crippen LogP contribution is -2.15. The molecule has 1 rings (SSSR count). The van der Waals surface area contributed by atoms with Crippen LogP contribution in [-0.2, 0) is 5.41 Å². The number of aromatic nitrogens is 2. The van der Waals surface area contributed by atoms with Crippen LogP contribution in [0.3, 0.4) is 0 Å². The lowest BCUT2D eigenvalue weighted by molar-refractivity contribution is 0.300. The van der Waals surface area contributed by atoms with Gasteiger partial charge in [-0.05, 0) is 27.5 Å². The molecule has 1 aromatic rings. The van der Waals surface area contributed by atoms with Gasteiger partial charge in [0.2, 0.25) is 10.6 Å². The normalized spacial score (nSPS) is 12.0. The molecule has 0 aliphatic rings. The molecule has 0 unspecified atom stereocenters. The predicted molar refractivity (Wildman–Crippen MR) is 45.3 cm³/mol. The molecular weight excluding hydrogens is 208 g/mol. The van der Waals surface area contributed by atoms with E-state index in [1.807, 2.05) is 0 Å². The molecule has 0 N–H and O–H groups in total. The molecule has 1 aromatic heterocycles. The molecule has 0 spiro atoms. The van der Waals surface area contributed by atoms with E-state index in [9.17, 15) is 0 Å². The van der Waals surface area contributed by atoms with Gasteiger partial charge in [-0.3, -0.25) is 0 Å². The summed E-state index contributed by atoms with van der Waals surface area (Å²) in [6.07, 6.45) is 0.988. The average Bonchev–Trinajstić information content (AvgIpc) is 2.36. The summed E-state index contributed by atoms with van der Waals surface area (Å²) in [4.78, 5) is 4.09. The molecule has 0 saturated carbocycles. The summed E-state index contributed by atoms with van der Waals surface area (Å²) in [5, 5.41) is 3.66. The van der Waals surface area contributed by atoms with E-state index in [-0.39, 0.29) is 5.41 Å². The van der Waals surface area contributed by atoms with Crippen molar-refractivity contribution in [3.05, 3.63) is 10.6 Å². The first-order chi connectivity index (χ1) is 5.06. The lowest BCUT2D eigenvalue weighted by Gasteiger charge is -2.15. The highest BCUT2D eigenvalue weighted by molar-refractivity contribution is 9.10. The smallest absolute Gasteiger partial charge is 0.238 e. The highest BCUT2D eigenvalue weighted by atomic mass is 79.9. The summed E-state index contributed by atoms with van der Waals surface area (Å²) in [6.45, 7) is 6.25. The second kappa shape index (κ2) is 2.93.